The maximum atomic E-state index is 14.6. The Morgan fingerprint density at radius 1 is 0.529 bits per heavy atom. The summed E-state index contributed by atoms with van der Waals surface area (Å²) in [4.78, 5) is 109. The molecule has 6 N–H and O–H groups in total. The molecule has 0 unspecified atom stereocenters. The summed E-state index contributed by atoms with van der Waals surface area (Å²) < 4.78 is 22.5. The van der Waals surface area contributed by atoms with Crippen molar-refractivity contribution in [2.75, 3.05) is 24.9 Å². The zero-order valence-corrected chi connectivity index (χ0v) is 39.4. The third-order valence-corrected chi connectivity index (χ3v) is 13.3. The van der Waals surface area contributed by atoms with Crippen molar-refractivity contribution < 1.29 is 67.5 Å². The number of thiophene rings is 2. The fraction of sp³-hybridized carbons (Fsp3) is 0.200. The minimum absolute atomic E-state index is 0.0958. The van der Waals surface area contributed by atoms with Gasteiger partial charge in [0.25, 0.3) is 11.8 Å². The molecule has 0 radical (unpaired) electrons. The first-order valence-corrected chi connectivity index (χ1v) is 23.1. The second-order valence-electron chi connectivity index (χ2n) is 15.6. The van der Waals surface area contributed by atoms with Gasteiger partial charge in [0.1, 0.15) is 9.75 Å². The van der Waals surface area contributed by atoms with Gasteiger partial charge in [-0.1, -0.05) is 38.1 Å². The average molecular weight is 989 g/mol. The summed E-state index contributed by atoms with van der Waals surface area (Å²) >= 11 is 2.23. The summed E-state index contributed by atoms with van der Waals surface area (Å²) in [5, 5.41) is 37.4. The minimum atomic E-state index is -2.70. The molecule has 4 aromatic carbocycles. The number of rotatable bonds is 18. The van der Waals surface area contributed by atoms with Gasteiger partial charge in [-0.2, -0.15) is 0 Å². The highest BCUT2D eigenvalue weighted by Gasteiger charge is 2.80. The van der Waals surface area contributed by atoms with Gasteiger partial charge in [0, 0.05) is 35.3 Å². The number of methoxy groups -OCH3 is 2. The molecule has 4 amide bonds. The molecule has 6 aromatic rings. The third-order valence-electron chi connectivity index (χ3n) is 11.6. The molecule has 7 rings (SSSR count). The zero-order chi connectivity index (χ0) is 50.3. The van der Waals surface area contributed by atoms with Crippen LogP contribution in [0.15, 0.2) is 120 Å². The minimum Gasteiger partial charge on any atom is -0.493 e. The average Bonchev–Trinajstić information content (AvgIpc) is 4.11. The van der Waals surface area contributed by atoms with E-state index in [1.165, 1.54) is 111 Å². The highest BCUT2D eigenvalue weighted by molar-refractivity contribution is 7.12. The molecule has 0 atom stereocenters. The lowest BCUT2D eigenvalue weighted by molar-refractivity contribution is -0.171. The van der Waals surface area contributed by atoms with E-state index in [1.54, 1.807) is 36.7 Å². The molecule has 360 valence electrons. The number of nitrogens with one attached hydrogen (secondary N) is 4. The van der Waals surface area contributed by atoms with Gasteiger partial charge in [-0.15, -0.1) is 22.7 Å². The van der Waals surface area contributed by atoms with E-state index in [-0.39, 0.29) is 79.7 Å². The summed E-state index contributed by atoms with van der Waals surface area (Å²) in [5.41, 5.74) is -5.15. The quantitative estimate of drug-likeness (QED) is 0.0364. The molecule has 1 saturated carbocycles. The number of aliphatic carboxylic acids is 2. The fourth-order valence-corrected chi connectivity index (χ4v) is 9.51. The molecule has 0 spiro atoms. The number of ether oxygens (including phenoxy) is 4. The van der Waals surface area contributed by atoms with Crippen LogP contribution in [0.25, 0.3) is 0 Å². The van der Waals surface area contributed by atoms with Crippen molar-refractivity contribution >= 4 is 81.6 Å². The van der Waals surface area contributed by atoms with Crippen LogP contribution in [0.2, 0.25) is 0 Å². The molecule has 70 heavy (non-hydrogen) atoms. The summed E-state index contributed by atoms with van der Waals surface area (Å²) in [6.45, 7) is 3.31. The number of esters is 2. The van der Waals surface area contributed by atoms with E-state index in [0.29, 0.717) is 11.4 Å². The number of carbonyl (C=O) groups is 8. The fourth-order valence-electron chi connectivity index (χ4n) is 8.31. The molecule has 1 fully saturated rings. The van der Waals surface area contributed by atoms with Crippen molar-refractivity contribution in [2.24, 2.45) is 0 Å². The van der Waals surface area contributed by atoms with E-state index >= 15 is 0 Å². The Hall–Kier alpha value is -8.36. The number of hydrogen-bond acceptors (Lipinski definition) is 14. The number of benzene rings is 4. The highest BCUT2D eigenvalue weighted by Crippen LogP contribution is 2.64. The van der Waals surface area contributed by atoms with E-state index < -0.39 is 58.6 Å². The normalized spacial score (nSPS) is 17.9. The Kier molecular flexibility index (Phi) is 14.8. The molecule has 18 nitrogen and oxygen atoms in total. The van der Waals surface area contributed by atoms with Gasteiger partial charge in [-0.05, 0) is 107 Å². The number of carboxylic acid groups (broad SMARTS) is 2. The van der Waals surface area contributed by atoms with Crippen molar-refractivity contribution in [2.45, 2.75) is 49.6 Å². The van der Waals surface area contributed by atoms with Crippen molar-refractivity contribution in [1.82, 2.24) is 10.6 Å². The van der Waals surface area contributed by atoms with Crippen LogP contribution in [-0.4, -0.2) is 83.0 Å². The van der Waals surface area contributed by atoms with Gasteiger partial charge in [0.2, 0.25) is 11.8 Å². The van der Waals surface area contributed by atoms with Crippen LogP contribution in [0.3, 0.4) is 0 Å². The van der Waals surface area contributed by atoms with E-state index in [0.717, 1.165) is 22.7 Å². The molecule has 2 heterocycles. The predicted molar refractivity (Wildman–Crippen MR) is 256 cm³/mol. The summed E-state index contributed by atoms with van der Waals surface area (Å²) in [6.07, 6.45) is 0.338. The Labute approximate surface area is 407 Å². The Bertz CT molecular complexity index is 2760. The Morgan fingerprint density at radius 2 is 0.900 bits per heavy atom. The van der Waals surface area contributed by atoms with Crippen LogP contribution < -0.4 is 40.2 Å². The lowest BCUT2D eigenvalue weighted by atomic mass is 9.43. The van der Waals surface area contributed by atoms with Gasteiger partial charge in [0.15, 0.2) is 34.1 Å². The van der Waals surface area contributed by atoms with Gasteiger partial charge in [0.05, 0.1) is 26.1 Å². The first kappa shape index (κ1) is 49.5. The molecule has 0 saturated heterocycles. The van der Waals surface area contributed by atoms with E-state index in [4.69, 9.17) is 18.9 Å². The topological polar surface area (TPSA) is 262 Å². The maximum Gasteiger partial charge on any atom is 0.353 e. The first-order chi connectivity index (χ1) is 33.6. The zero-order valence-electron chi connectivity index (χ0n) is 37.7. The smallest absolute Gasteiger partial charge is 0.353 e. The van der Waals surface area contributed by atoms with Crippen molar-refractivity contribution in [1.29, 1.82) is 0 Å². The summed E-state index contributed by atoms with van der Waals surface area (Å²) in [7, 11) is 2.48. The molecule has 1 aliphatic carbocycles. The van der Waals surface area contributed by atoms with E-state index in [1.807, 2.05) is 0 Å². The van der Waals surface area contributed by atoms with Crippen LogP contribution in [0.1, 0.15) is 89.7 Å². The number of amides is 4. The largest absolute Gasteiger partial charge is 0.493 e. The van der Waals surface area contributed by atoms with Crippen molar-refractivity contribution in [3.8, 4) is 23.0 Å². The third kappa shape index (κ3) is 9.67. The predicted octanol–water partition coefficient (Wildman–Crippen LogP) is 7.35. The molecule has 2 aromatic heterocycles. The number of carboxylic acids is 2. The molecule has 20 heteroatoms. The standard InChI is InChI=1S/C50H44N4O14S2/c1-5-39(55)51-31-17-11-27(12-18-31)43(57)53-49(47(61)62)41(29-15-21-33(35(25-29)65-3)67-45(59)37-9-7-23-69-37)50(48(63)64,54-44(58)28-13-19-32(20-14-28)52-40(56)6-2)42(49)30-16-22-34(36(26-30)66-4)68-46(60)38-10-8-24-70-38/h7-26,41-42H,5-6H2,1-4H3,(H,51,55)(H,52,56)(H,53,57)(H,54,58)(H,61,62)(H,63,64). The second-order valence-corrected chi connectivity index (χ2v) is 17.5. The molecular formula is C50H44N4O14S2. The maximum absolute atomic E-state index is 14.6. The van der Waals surface area contributed by atoms with Gasteiger partial charge < -0.3 is 50.4 Å². The molecular weight excluding hydrogens is 945 g/mol. The number of carbonyl (C=O) groups excluding carboxylic acids is 6. The Balaban J connectivity index is 1.43. The SMILES string of the molecule is CCC(=O)Nc1ccc(C(=O)NC2(C(=O)O)C(c3ccc(OC(=O)c4cccs4)c(OC)c3)C(NC(=O)c3ccc(NC(=O)CC)cc3)(C(=O)O)C2c2ccc(OC(=O)c3cccs3)c(OC)c2)cc1. The van der Waals surface area contributed by atoms with Crippen molar-refractivity contribution in [3.63, 3.8) is 0 Å². The number of anilines is 2. The van der Waals surface area contributed by atoms with Gasteiger partial charge >= 0.3 is 23.9 Å². The lowest BCUT2D eigenvalue weighted by Gasteiger charge is -2.64. The van der Waals surface area contributed by atoms with Crippen LogP contribution in [0.4, 0.5) is 11.4 Å². The summed E-state index contributed by atoms with van der Waals surface area (Å²) in [5.74, 6) is -12.0. The first-order valence-electron chi connectivity index (χ1n) is 21.4. The Morgan fingerprint density at radius 3 is 1.20 bits per heavy atom. The molecule has 0 bridgehead atoms. The van der Waals surface area contributed by atoms with E-state index in [2.05, 4.69) is 21.3 Å². The van der Waals surface area contributed by atoms with Gasteiger partial charge in [-0.3, -0.25) is 19.2 Å². The summed E-state index contributed by atoms with van der Waals surface area (Å²) in [6, 6.07) is 25.0. The van der Waals surface area contributed by atoms with Crippen LogP contribution in [-0.2, 0) is 19.2 Å². The molecule has 1 aliphatic rings. The lowest BCUT2D eigenvalue weighted by Crippen LogP contribution is -2.86. The van der Waals surface area contributed by atoms with Crippen LogP contribution >= 0.6 is 22.7 Å². The second kappa shape index (κ2) is 20.9. The van der Waals surface area contributed by atoms with Gasteiger partial charge in [-0.25, -0.2) is 19.2 Å². The van der Waals surface area contributed by atoms with Crippen LogP contribution in [0, 0.1) is 0 Å². The van der Waals surface area contributed by atoms with E-state index in [9.17, 15) is 48.6 Å². The monoisotopic (exact) mass is 988 g/mol. The highest BCUT2D eigenvalue weighted by atomic mass is 32.1. The number of hydrogen-bond donors (Lipinski definition) is 6. The van der Waals surface area contributed by atoms with Crippen LogP contribution in [0.5, 0.6) is 23.0 Å². The molecule has 0 aliphatic heterocycles. The van der Waals surface area contributed by atoms with Crippen molar-refractivity contribution in [3.05, 3.63) is 152 Å².